The summed E-state index contributed by atoms with van der Waals surface area (Å²) in [7, 11) is -3.62. The summed E-state index contributed by atoms with van der Waals surface area (Å²) in [6, 6.07) is 14.0. The summed E-state index contributed by atoms with van der Waals surface area (Å²) < 4.78 is 26.7. The van der Waals surface area contributed by atoms with E-state index in [9.17, 15) is 18.0 Å². The molecule has 8 heteroatoms. The lowest BCUT2D eigenvalue weighted by molar-refractivity contribution is -0.122. The van der Waals surface area contributed by atoms with E-state index in [0.29, 0.717) is 6.54 Å². The van der Waals surface area contributed by atoms with Crippen LogP contribution in [0.5, 0.6) is 0 Å². The Morgan fingerprint density at radius 3 is 2.11 bits per heavy atom. The maximum Gasteiger partial charge on any atom is 0.251 e. The number of hydrogen-bond acceptors (Lipinski definition) is 4. The topological polar surface area (TPSA) is 104 Å². The van der Waals surface area contributed by atoms with Crippen LogP contribution in [0.1, 0.15) is 36.7 Å². The zero-order valence-corrected chi connectivity index (χ0v) is 16.9. The number of hydrogen-bond donors (Lipinski definition) is 3. The second-order valence-electron chi connectivity index (χ2n) is 6.70. The molecular weight excluding hydrogens is 378 g/mol. The van der Waals surface area contributed by atoms with Crippen molar-refractivity contribution in [2.45, 2.75) is 44.3 Å². The normalized spacial score (nSPS) is 12.4. The van der Waals surface area contributed by atoms with Gasteiger partial charge in [0.05, 0.1) is 4.90 Å². The van der Waals surface area contributed by atoms with Gasteiger partial charge < -0.3 is 10.6 Å². The molecule has 150 valence electrons. The van der Waals surface area contributed by atoms with E-state index >= 15 is 0 Å². The summed E-state index contributed by atoms with van der Waals surface area (Å²) in [6.45, 7) is 5.41. The first-order valence-electron chi connectivity index (χ1n) is 8.94. The van der Waals surface area contributed by atoms with Crippen LogP contribution in [0, 0.1) is 0 Å². The van der Waals surface area contributed by atoms with Gasteiger partial charge in [-0.1, -0.05) is 30.3 Å². The summed E-state index contributed by atoms with van der Waals surface area (Å²) >= 11 is 0. The summed E-state index contributed by atoms with van der Waals surface area (Å²) in [5, 5.41) is 5.37. The molecule has 0 spiro atoms. The quantitative estimate of drug-likeness (QED) is 0.625. The Labute approximate surface area is 165 Å². The standard InChI is InChI=1S/C20H25N3O4S/c1-14(2)23-28(26,27)18-11-9-17(10-12-18)20(25)22-15(3)19(24)21-13-16-7-5-4-6-8-16/h4-12,14-15,23H,13H2,1-3H3,(H,21,24)(H,22,25). The average Bonchev–Trinajstić information content (AvgIpc) is 2.66. The number of amides is 2. The van der Waals surface area contributed by atoms with Crippen LogP contribution < -0.4 is 15.4 Å². The number of rotatable bonds is 8. The molecule has 2 aromatic carbocycles. The van der Waals surface area contributed by atoms with E-state index in [4.69, 9.17) is 0 Å². The van der Waals surface area contributed by atoms with Crippen LogP contribution in [0.3, 0.4) is 0 Å². The van der Waals surface area contributed by atoms with E-state index < -0.39 is 22.0 Å². The highest BCUT2D eigenvalue weighted by Gasteiger charge is 2.18. The monoisotopic (exact) mass is 403 g/mol. The van der Waals surface area contributed by atoms with Gasteiger partial charge in [-0.15, -0.1) is 0 Å². The van der Waals surface area contributed by atoms with E-state index in [1.54, 1.807) is 20.8 Å². The highest BCUT2D eigenvalue weighted by atomic mass is 32.2. The SMILES string of the molecule is CC(C)NS(=O)(=O)c1ccc(C(=O)NC(C)C(=O)NCc2ccccc2)cc1. The number of nitrogens with one attached hydrogen (secondary N) is 3. The van der Waals surface area contributed by atoms with E-state index in [2.05, 4.69) is 15.4 Å². The van der Waals surface area contributed by atoms with Gasteiger partial charge in [0, 0.05) is 18.2 Å². The lowest BCUT2D eigenvalue weighted by atomic mass is 10.2. The van der Waals surface area contributed by atoms with Crippen molar-refractivity contribution in [3.63, 3.8) is 0 Å². The predicted molar refractivity (Wildman–Crippen MR) is 107 cm³/mol. The van der Waals surface area contributed by atoms with Crippen molar-refractivity contribution in [2.24, 2.45) is 0 Å². The van der Waals surface area contributed by atoms with Crippen molar-refractivity contribution in [3.05, 3.63) is 65.7 Å². The minimum atomic E-state index is -3.62. The first-order chi connectivity index (χ1) is 13.2. The molecule has 0 radical (unpaired) electrons. The van der Waals surface area contributed by atoms with Crippen molar-refractivity contribution in [1.29, 1.82) is 0 Å². The second kappa shape index (κ2) is 9.48. The number of benzene rings is 2. The fourth-order valence-corrected chi connectivity index (χ4v) is 3.70. The maximum atomic E-state index is 12.3. The summed E-state index contributed by atoms with van der Waals surface area (Å²) in [5.74, 6) is -0.763. The largest absolute Gasteiger partial charge is 0.350 e. The molecule has 0 aliphatic carbocycles. The van der Waals surface area contributed by atoms with E-state index in [1.165, 1.54) is 24.3 Å². The third kappa shape index (κ3) is 6.17. The lowest BCUT2D eigenvalue weighted by Crippen LogP contribution is -2.44. The summed E-state index contributed by atoms with van der Waals surface area (Å²) in [6.07, 6.45) is 0. The van der Waals surface area contributed by atoms with Gasteiger partial charge in [-0.25, -0.2) is 13.1 Å². The minimum absolute atomic E-state index is 0.0754. The van der Waals surface area contributed by atoms with Crippen LogP contribution >= 0.6 is 0 Å². The highest BCUT2D eigenvalue weighted by molar-refractivity contribution is 7.89. The first kappa shape index (κ1) is 21.6. The molecule has 2 rings (SSSR count). The molecule has 1 atom stereocenters. The van der Waals surface area contributed by atoms with Crippen LogP contribution in [0.2, 0.25) is 0 Å². The van der Waals surface area contributed by atoms with Crippen LogP contribution in [-0.2, 0) is 21.4 Å². The Morgan fingerprint density at radius 1 is 0.929 bits per heavy atom. The molecule has 2 aromatic rings. The van der Waals surface area contributed by atoms with E-state index in [-0.39, 0.29) is 22.4 Å². The maximum absolute atomic E-state index is 12.3. The van der Waals surface area contributed by atoms with Gasteiger partial charge in [0.25, 0.3) is 5.91 Å². The van der Waals surface area contributed by atoms with Crippen molar-refractivity contribution in [3.8, 4) is 0 Å². The molecule has 3 N–H and O–H groups in total. The summed E-state index contributed by atoms with van der Waals surface area (Å²) in [4.78, 5) is 24.5. The molecule has 0 saturated carbocycles. The molecule has 0 aliphatic heterocycles. The smallest absolute Gasteiger partial charge is 0.251 e. The van der Waals surface area contributed by atoms with Crippen molar-refractivity contribution in [1.82, 2.24) is 15.4 Å². The van der Waals surface area contributed by atoms with Gasteiger partial charge in [0.15, 0.2) is 0 Å². The number of carbonyl (C=O) groups excluding carboxylic acids is 2. The molecule has 28 heavy (non-hydrogen) atoms. The molecule has 0 bridgehead atoms. The van der Waals surface area contributed by atoms with E-state index in [0.717, 1.165) is 5.56 Å². The molecule has 0 aromatic heterocycles. The predicted octanol–water partition coefficient (Wildman–Crippen LogP) is 1.81. The molecule has 7 nitrogen and oxygen atoms in total. The summed E-state index contributed by atoms with van der Waals surface area (Å²) in [5.41, 5.74) is 1.23. The Morgan fingerprint density at radius 2 is 1.54 bits per heavy atom. The highest BCUT2D eigenvalue weighted by Crippen LogP contribution is 2.11. The molecule has 0 saturated heterocycles. The van der Waals surface area contributed by atoms with Crippen LogP contribution in [0.4, 0.5) is 0 Å². The molecule has 2 amide bonds. The van der Waals surface area contributed by atoms with E-state index in [1.807, 2.05) is 30.3 Å². The van der Waals surface area contributed by atoms with Gasteiger partial charge in [0.2, 0.25) is 15.9 Å². The zero-order chi connectivity index (χ0) is 20.7. The third-order valence-corrected chi connectivity index (χ3v) is 5.54. The minimum Gasteiger partial charge on any atom is -0.350 e. The molecule has 0 heterocycles. The molecule has 0 fully saturated rings. The number of sulfonamides is 1. The molecule has 1 unspecified atom stereocenters. The zero-order valence-electron chi connectivity index (χ0n) is 16.1. The number of carbonyl (C=O) groups is 2. The Kier molecular flexibility index (Phi) is 7.31. The van der Waals surface area contributed by atoms with Crippen molar-refractivity contribution in [2.75, 3.05) is 0 Å². The third-order valence-electron chi connectivity index (χ3n) is 3.87. The van der Waals surface area contributed by atoms with Gasteiger partial charge in [-0.2, -0.15) is 0 Å². The van der Waals surface area contributed by atoms with Crippen LogP contribution in [0.15, 0.2) is 59.5 Å². The average molecular weight is 404 g/mol. The lowest BCUT2D eigenvalue weighted by Gasteiger charge is -2.15. The van der Waals surface area contributed by atoms with Gasteiger partial charge in [-0.05, 0) is 50.6 Å². The van der Waals surface area contributed by atoms with Crippen LogP contribution in [-0.4, -0.2) is 32.3 Å². The Hall–Kier alpha value is -2.71. The molecular formula is C20H25N3O4S. The fourth-order valence-electron chi connectivity index (χ4n) is 2.45. The van der Waals surface area contributed by atoms with Gasteiger partial charge >= 0.3 is 0 Å². The van der Waals surface area contributed by atoms with Gasteiger partial charge in [-0.3, -0.25) is 9.59 Å². The van der Waals surface area contributed by atoms with Crippen LogP contribution in [0.25, 0.3) is 0 Å². The van der Waals surface area contributed by atoms with Crippen molar-refractivity contribution < 1.29 is 18.0 Å². The fraction of sp³-hybridized carbons (Fsp3) is 0.300. The molecule has 0 aliphatic rings. The Balaban J connectivity index is 1.93. The van der Waals surface area contributed by atoms with Crippen molar-refractivity contribution >= 4 is 21.8 Å². The second-order valence-corrected chi connectivity index (χ2v) is 8.41. The first-order valence-corrected chi connectivity index (χ1v) is 10.4. The van der Waals surface area contributed by atoms with Gasteiger partial charge in [0.1, 0.15) is 6.04 Å². The Bertz CT molecular complexity index is 910.